The van der Waals surface area contributed by atoms with Gasteiger partial charge in [0, 0.05) is 29.2 Å². The van der Waals surface area contributed by atoms with Crippen molar-refractivity contribution in [3.05, 3.63) is 35.8 Å². The van der Waals surface area contributed by atoms with Crippen molar-refractivity contribution in [2.75, 3.05) is 5.43 Å². The Bertz CT molecular complexity index is 538. The second kappa shape index (κ2) is 4.10. The Balaban J connectivity index is 2.13. The van der Waals surface area contributed by atoms with Crippen molar-refractivity contribution in [3.63, 3.8) is 0 Å². The van der Waals surface area contributed by atoms with Crippen molar-refractivity contribution in [2.24, 2.45) is 5.84 Å². The summed E-state index contributed by atoms with van der Waals surface area (Å²) in [7, 11) is 0. The summed E-state index contributed by atoms with van der Waals surface area (Å²) in [6.07, 6.45) is 6.62. The molecule has 2 heterocycles. The molecule has 17 heavy (non-hydrogen) atoms. The second-order valence-corrected chi connectivity index (χ2v) is 4.06. The van der Waals surface area contributed by atoms with Crippen LogP contribution in [0.2, 0.25) is 0 Å². The van der Waals surface area contributed by atoms with Crippen LogP contribution < -0.4 is 11.3 Å². The highest BCUT2D eigenvalue weighted by Crippen LogP contribution is 2.28. The lowest BCUT2D eigenvalue weighted by molar-refractivity contribution is 0.900. The van der Waals surface area contributed by atoms with E-state index in [0.717, 1.165) is 41.9 Å². The second-order valence-electron chi connectivity index (χ2n) is 4.06. The van der Waals surface area contributed by atoms with Gasteiger partial charge < -0.3 is 5.43 Å². The molecule has 5 nitrogen and oxygen atoms in total. The van der Waals surface area contributed by atoms with Gasteiger partial charge in [0.05, 0.1) is 0 Å². The fourth-order valence-corrected chi connectivity index (χ4v) is 2.18. The maximum Gasteiger partial charge on any atom is 0.163 e. The number of pyridine rings is 1. The lowest BCUT2D eigenvalue weighted by Gasteiger charge is -2.08. The number of fused-ring (bicyclic) bond motifs is 1. The first-order chi connectivity index (χ1) is 8.38. The molecule has 0 aromatic carbocycles. The summed E-state index contributed by atoms with van der Waals surface area (Å²) in [6.45, 7) is 0. The zero-order valence-corrected chi connectivity index (χ0v) is 9.35. The van der Waals surface area contributed by atoms with Crippen LogP contribution in [0.1, 0.15) is 17.7 Å². The van der Waals surface area contributed by atoms with E-state index in [4.69, 9.17) is 5.84 Å². The van der Waals surface area contributed by atoms with Gasteiger partial charge in [-0.1, -0.05) is 0 Å². The van der Waals surface area contributed by atoms with Gasteiger partial charge in [-0.05, 0) is 31.4 Å². The van der Waals surface area contributed by atoms with Gasteiger partial charge >= 0.3 is 0 Å². The largest absolute Gasteiger partial charge is 0.308 e. The zero-order chi connectivity index (χ0) is 11.7. The van der Waals surface area contributed by atoms with Crippen LogP contribution in [-0.2, 0) is 12.8 Å². The number of hydrazine groups is 1. The van der Waals surface area contributed by atoms with E-state index in [2.05, 4.69) is 20.4 Å². The summed E-state index contributed by atoms with van der Waals surface area (Å²) < 4.78 is 0. The van der Waals surface area contributed by atoms with Crippen LogP contribution in [0, 0.1) is 0 Å². The number of nitrogens with zero attached hydrogens (tertiary/aromatic N) is 3. The summed E-state index contributed by atoms with van der Waals surface area (Å²) in [5.41, 5.74) is 5.84. The number of aryl methyl sites for hydroxylation is 1. The molecule has 2 aromatic heterocycles. The van der Waals surface area contributed by atoms with E-state index in [9.17, 15) is 0 Å². The number of hydrogen-bond donors (Lipinski definition) is 2. The minimum Gasteiger partial charge on any atom is -0.308 e. The lowest BCUT2D eigenvalue weighted by atomic mass is 10.2. The molecule has 0 amide bonds. The molecule has 86 valence electrons. The number of nitrogens with two attached hydrogens (primary N) is 1. The first kappa shape index (κ1) is 10.2. The molecule has 0 fully saturated rings. The van der Waals surface area contributed by atoms with Crippen molar-refractivity contribution >= 4 is 5.82 Å². The molecule has 1 aliphatic rings. The van der Waals surface area contributed by atoms with Crippen LogP contribution in [0.15, 0.2) is 24.5 Å². The third kappa shape index (κ3) is 1.74. The Kier molecular flexibility index (Phi) is 2.45. The van der Waals surface area contributed by atoms with Crippen molar-refractivity contribution in [3.8, 4) is 11.4 Å². The van der Waals surface area contributed by atoms with Gasteiger partial charge in [-0.3, -0.25) is 4.98 Å². The molecule has 0 atom stereocenters. The fourth-order valence-electron chi connectivity index (χ4n) is 2.18. The summed E-state index contributed by atoms with van der Waals surface area (Å²) in [5, 5.41) is 0. The van der Waals surface area contributed by atoms with Crippen LogP contribution in [0.4, 0.5) is 5.82 Å². The molecule has 0 aliphatic heterocycles. The highest BCUT2D eigenvalue weighted by Gasteiger charge is 2.19. The normalized spacial score (nSPS) is 13.5. The molecule has 2 aromatic rings. The third-order valence-electron chi connectivity index (χ3n) is 2.99. The number of aromatic nitrogens is 3. The molecule has 0 bridgehead atoms. The average Bonchev–Trinajstić information content (AvgIpc) is 2.86. The fraction of sp³-hybridized carbons (Fsp3) is 0.250. The highest BCUT2D eigenvalue weighted by molar-refractivity contribution is 5.59. The topological polar surface area (TPSA) is 76.7 Å². The van der Waals surface area contributed by atoms with Gasteiger partial charge in [-0.2, -0.15) is 0 Å². The molecule has 0 saturated heterocycles. The van der Waals surface area contributed by atoms with E-state index in [0.29, 0.717) is 5.82 Å². The Hall–Kier alpha value is -2.01. The zero-order valence-electron chi connectivity index (χ0n) is 9.35. The van der Waals surface area contributed by atoms with E-state index in [1.54, 1.807) is 12.4 Å². The molecule has 1 aliphatic carbocycles. The Morgan fingerprint density at radius 1 is 1.24 bits per heavy atom. The molecule has 3 rings (SSSR count). The van der Waals surface area contributed by atoms with Gasteiger partial charge in [0.2, 0.25) is 0 Å². The van der Waals surface area contributed by atoms with Crippen LogP contribution in [0.3, 0.4) is 0 Å². The molecular weight excluding hydrogens is 214 g/mol. The highest BCUT2D eigenvalue weighted by atomic mass is 15.3. The van der Waals surface area contributed by atoms with Gasteiger partial charge in [0.25, 0.3) is 0 Å². The van der Waals surface area contributed by atoms with Gasteiger partial charge in [-0.25, -0.2) is 15.8 Å². The molecule has 0 saturated carbocycles. The van der Waals surface area contributed by atoms with Crippen molar-refractivity contribution in [1.82, 2.24) is 15.0 Å². The van der Waals surface area contributed by atoms with Gasteiger partial charge in [0.15, 0.2) is 5.82 Å². The minimum absolute atomic E-state index is 0.687. The van der Waals surface area contributed by atoms with E-state index in [-0.39, 0.29) is 0 Å². The molecule has 0 radical (unpaired) electrons. The summed E-state index contributed by atoms with van der Waals surface area (Å²) in [6, 6.07) is 3.82. The van der Waals surface area contributed by atoms with Crippen molar-refractivity contribution in [2.45, 2.75) is 19.3 Å². The quantitative estimate of drug-likeness (QED) is 0.597. The predicted octanol–water partition coefficient (Wildman–Crippen LogP) is 1.31. The predicted molar refractivity (Wildman–Crippen MR) is 65.1 cm³/mol. The van der Waals surface area contributed by atoms with Gasteiger partial charge in [0.1, 0.15) is 5.82 Å². The molecular formula is C12H13N5. The monoisotopic (exact) mass is 227 g/mol. The third-order valence-corrected chi connectivity index (χ3v) is 2.99. The molecule has 0 spiro atoms. The Labute approximate surface area is 99.1 Å². The number of hydrogen-bond acceptors (Lipinski definition) is 5. The maximum atomic E-state index is 5.51. The first-order valence-electron chi connectivity index (χ1n) is 5.65. The van der Waals surface area contributed by atoms with E-state index in [1.807, 2.05) is 12.1 Å². The van der Waals surface area contributed by atoms with Crippen molar-refractivity contribution in [1.29, 1.82) is 0 Å². The average molecular weight is 227 g/mol. The molecule has 3 N–H and O–H groups in total. The Morgan fingerprint density at radius 2 is 2.18 bits per heavy atom. The minimum atomic E-state index is 0.687. The van der Waals surface area contributed by atoms with Crippen molar-refractivity contribution < 1.29 is 0 Å². The molecule has 5 heteroatoms. The summed E-state index contributed by atoms with van der Waals surface area (Å²) in [5.74, 6) is 6.94. The number of anilines is 1. The van der Waals surface area contributed by atoms with Crippen LogP contribution in [-0.4, -0.2) is 15.0 Å². The number of nitrogen functional groups attached to an aromatic ring is 1. The summed E-state index contributed by atoms with van der Waals surface area (Å²) >= 11 is 0. The van der Waals surface area contributed by atoms with Crippen LogP contribution >= 0.6 is 0 Å². The summed E-state index contributed by atoms with van der Waals surface area (Å²) in [4.78, 5) is 13.1. The Morgan fingerprint density at radius 3 is 2.94 bits per heavy atom. The standard InChI is InChI=1S/C12H13N5/c13-17-12-9-4-1-5-10(9)15-11(16-12)8-3-2-6-14-7-8/h2-3,6-7H,1,4-5,13H2,(H,15,16,17). The van der Waals surface area contributed by atoms with E-state index in [1.165, 1.54) is 0 Å². The first-order valence-corrected chi connectivity index (χ1v) is 5.65. The number of nitrogens with one attached hydrogen (secondary N) is 1. The SMILES string of the molecule is NNc1nc(-c2cccnc2)nc2c1CCC2. The van der Waals surface area contributed by atoms with E-state index >= 15 is 0 Å². The maximum absolute atomic E-state index is 5.51. The number of rotatable bonds is 2. The smallest absolute Gasteiger partial charge is 0.163 e. The van der Waals surface area contributed by atoms with E-state index < -0.39 is 0 Å². The molecule has 0 unspecified atom stereocenters. The van der Waals surface area contributed by atoms with Crippen LogP contribution in [0.25, 0.3) is 11.4 Å². The van der Waals surface area contributed by atoms with Gasteiger partial charge in [-0.15, -0.1) is 0 Å². The lowest BCUT2D eigenvalue weighted by Crippen LogP contribution is -2.12. The van der Waals surface area contributed by atoms with Crippen LogP contribution in [0.5, 0.6) is 0 Å².